The SMILES string of the molecule is C[C@@H](CCCO)NN. The minimum absolute atomic E-state index is 0.256. The van der Waals surface area contributed by atoms with E-state index < -0.39 is 0 Å². The van der Waals surface area contributed by atoms with Crippen LogP contribution in [0.15, 0.2) is 0 Å². The molecule has 4 N–H and O–H groups in total. The second kappa shape index (κ2) is 5.03. The summed E-state index contributed by atoms with van der Waals surface area (Å²) < 4.78 is 0. The summed E-state index contributed by atoms with van der Waals surface area (Å²) in [7, 11) is 0. The number of hydrazine groups is 1. The van der Waals surface area contributed by atoms with Crippen molar-refractivity contribution in [1.82, 2.24) is 5.43 Å². The summed E-state index contributed by atoms with van der Waals surface area (Å²) in [5.41, 5.74) is 2.59. The first-order valence-electron chi connectivity index (χ1n) is 2.88. The molecule has 0 amide bonds. The van der Waals surface area contributed by atoms with Gasteiger partial charge in [-0.1, -0.05) is 0 Å². The van der Waals surface area contributed by atoms with Gasteiger partial charge in [-0.3, -0.25) is 11.3 Å². The molecule has 0 aromatic carbocycles. The number of aliphatic hydroxyl groups is 1. The summed E-state index contributed by atoms with van der Waals surface area (Å²) in [6, 6.07) is 0.321. The first kappa shape index (κ1) is 7.88. The lowest BCUT2D eigenvalue weighted by molar-refractivity contribution is 0.277. The van der Waals surface area contributed by atoms with Gasteiger partial charge in [0, 0.05) is 12.6 Å². The van der Waals surface area contributed by atoms with Gasteiger partial charge >= 0.3 is 0 Å². The van der Waals surface area contributed by atoms with E-state index in [0.717, 1.165) is 12.8 Å². The molecule has 3 heteroatoms. The molecule has 0 fully saturated rings. The lowest BCUT2D eigenvalue weighted by atomic mass is 10.2. The van der Waals surface area contributed by atoms with E-state index in [-0.39, 0.29) is 6.61 Å². The quantitative estimate of drug-likeness (QED) is 0.348. The second-order valence-corrected chi connectivity index (χ2v) is 1.93. The smallest absolute Gasteiger partial charge is 0.0431 e. The van der Waals surface area contributed by atoms with E-state index in [1.807, 2.05) is 6.92 Å². The van der Waals surface area contributed by atoms with E-state index in [1.165, 1.54) is 0 Å². The third kappa shape index (κ3) is 4.05. The van der Waals surface area contributed by atoms with Crippen LogP contribution < -0.4 is 11.3 Å². The Labute approximate surface area is 49.9 Å². The molecular weight excluding hydrogens is 104 g/mol. The first-order chi connectivity index (χ1) is 3.81. The highest BCUT2D eigenvalue weighted by Gasteiger charge is 1.94. The van der Waals surface area contributed by atoms with Crippen molar-refractivity contribution in [2.75, 3.05) is 6.61 Å². The number of nitrogens with one attached hydrogen (secondary N) is 1. The molecule has 0 aliphatic heterocycles. The van der Waals surface area contributed by atoms with Crippen LogP contribution in [0.1, 0.15) is 19.8 Å². The molecule has 0 aliphatic rings. The van der Waals surface area contributed by atoms with Crippen LogP contribution in [-0.4, -0.2) is 17.8 Å². The van der Waals surface area contributed by atoms with Crippen LogP contribution in [0.2, 0.25) is 0 Å². The van der Waals surface area contributed by atoms with Gasteiger partial charge in [-0.15, -0.1) is 0 Å². The topological polar surface area (TPSA) is 58.3 Å². The summed E-state index contributed by atoms with van der Waals surface area (Å²) in [5.74, 6) is 5.08. The third-order valence-electron chi connectivity index (χ3n) is 1.08. The van der Waals surface area contributed by atoms with Crippen molar-refractivity contribution < 1.29 is 5.11 Å². The average Bonchev–Trinajstić information content (AvgIpc) is 1.83. The molecule has 3 nitrogen and oxygen atoms in total. The maximum absolute atomic E-state index is 8.34. The predicted molar refractivity (Wildman–Crippen MR) is 33.1 cm³/mol. The highest BCUT2D eigenvalue weighted by Crippen LogP contribution is 1.91. The maximum atomic E-state index is 8.34. The molecule has 8 heavy (non-hydrogen) atoms. The fourth-order valence-electron chi connectivity index (χ4n) is 0.481. The molecule has 0 aromatic heterocycles. The van der Waals surface area contributed by atoms with E-state index >= 15 is 0 Å². The standard InChI is InChI=1S/C5H14N2O/c1-5(7-6)3-2-4-8/h5,7-8H,2-4,6H2,1H3/t5-/m0/s1. The normalized spacial score (nSPS) is 13.9. The van der Waals surface area contributed by atoms with Crippen molar-refractivity contribution in [1.29, 1.82) is 0 Å². The molecule has 0 heterocycles. The lowest BCUT2D eigenvalue weighted by Gasteiger charge is -2.06. The van der Waals surface area contributed by atoms with Crippen LogP contribution in [0, 0.1) is 0 Å². The Hall–Kier alpha value is -0.120. The van der Waals surface area contributed by atoms with Crippen molar-refractivity contribution in [2.45, 2.75) is 25.8 Å². The molecular formula is C5H14N2O. The minimum Gasteiger partial charge on any atom is -0.396 e. The van der Waals surface area contributed by atoms with E-state index in [4.69, 9.17) is 10.9 Å². The number of hydrogen-bond donors (Lipinski definition) is 3. The zero-order chi connectivity index (χ0) is 6.41. The van der Waals surface area contributed by atoms with Crippen molar-refractivity contribution in [3.05, 3.63) is 0 Å². The van der Waals surface area contributed by atoms with Gasteiger partial charge in [0.25, 0.3) is 0 Å². The summed E-state index contributed by atoms with van der Waals surface area (Å²) in [4.78, 5) is 0. The monoisotopic (exact) mass is 118 g/mol. The number of hydrogen-bond acceptors (Lipinski definition) is 3. The van der Waals surface area contributed by atoms with Crippen LogP contribution in [0.5, 0.6) is 0 Å². The molecule has 50 valence electrons. The average molecular weight is 118 g/mol. The largest absolute Gasteiger partial charge is 0.396 e. The molecule has 0 unspecified atom stereocenters. The Morgan fingerprint density at radius 3 is 2.75 bits per heavy atom. The molecule has 0 aromatic rings. The van der Waals surface area contributed by atoms with Crippen LogP contribution >= 0.6 is 0 Å². The highest BCUT2D eigenvalue weighted by atomic mass is 16.2. The summed E-state index contributed by atoms with van der Waals surface area (Å²) in [6.45, 7) is 2.24. The fraction of sp³-hybridized carbons (Fsp3) is 1.00. The zero-order valence-electron chi connectivity index (χ0n) is 5.22. The van der Waals surface area contributed by atoms with Crippen LogP contribution in [0.3, 0.4) is 0 Å². The van der Waals surface area contributed by atoms with E-state index in [2.05, 4.69) is 5.43 Å². The Kier molecular flexibility index (Phi) is 4.95. The van der Waals surface area contributed by atoms with E-state index in [1.54, 1.807) is 0 Å². The highest BCUT2D eigenvalue weighted by molar-refractivity contribution is 4.53. The molecule has 0 rings (SSSR count). The van der Waals surface area contributed by atoms with Crippen molar-refractivity contribution in [3.63, 3.8) is 0 Å². The Balaban J connectivity index is 2.86. The number of aliphatic hydroxyl groups excluding tert-OH is 1. The maximum Gasteiger partial charge on any atom is 0.0431 e. The molecule has 0 saturated carbocycles. The van der Waals surface area contributed by atoms with Crippen LogP contribution in [0.4, 0.5) is 0 Å². The van der Waals surface area contributed by atoms with Gasteiger partial charge in [-0.2, -0.15) is 0 Å². The summed E-state index contributed by atoms with van der Waals surface area (Å²) >= 11 is 0. The molecule has 0 aliphatic carbocycles. The van der Waals surface area contributed by atoms with E-state index in [9.17, 15) is 0 Å². The van der Waals surface area contributed by atoms with E-state index in [0.29, 0.717) is 6.04 Å². The van der Waals surface area contributed by atoms with Gasteiger partial charge in [0.2, 0.25) is 0 Å². The van der Waals surface area contributed by atoms with Gasteiger partial charge in [-0.25, -0.2) is 0 Å². The Morgan fingerprint density at radius 2 is 2.38 bits per heavy atom. The molecule has 0 spiro atoms. The predicted octanol–water partition coefficient (Wildman–Crippen LogP) is -0.389. The van der Waals surface area contributed by atoms with Gasteiger partial charge in [-0.05, 0) is 19.8 Å². The minimum atomic E-state index is 0.256. The van der Waals surface area contributed by atoms with Crippen LogP contribution in [-0.2, 0) is 0 Å². The molecule has 0 radical (unpaired) electrons. The number of rotatable bonds is 4. The van der Waals surface area contributed by atoms with Crippen molar-refractivity contribution >= 4 is 0 Å². The molecule has 1 atom stereocenters. The Morgan fingerprint density at radius 1 is 1.75 bits per heavy atom. The lowest BCUT2D eigenvalue weighted by Crippen LogP contribution is -2.32. The molecule has 0 bridgehead atoms. The summed E-state index contributed by atoms with van der Waals surface area (Å²) in [5, 5.41) is 8.34. The zero-order valence-corrected chi connectivity index (χ0v) is 5.22. The first-order valence-corrected chi connectivity index (χ1v) is 2.88. The summed E-state index contributed by atoms with van der Waals surface area (Å²) in [6.07, 6.45) is 1.76. The number of nitrogens with two attached hydrogens (primary N) is 1. The van der Waals surface area contributed by atoms with Gasteiger partial charge in [0.15, 0.2) is 0 Å². The van der Waals surface area contributed by atoms with Gasteiger partial charge in [0.05, 0.1) is 0 Å². The fourth-order valence-corrected chi connectivity index (χ4v) is 0.481. The van der Waals surface area contributed by atoms with Crippen molar-refractivity contribution in [3.8, 4) is 0 Å². The Bertz CT molecular complexity index is 49.7. The molecule has 0 saturated heterocycles. The van der Waals surface area contributed by atoms with Gasteiger partial charge in [0.1, 0.15) is 0 Å². The van der Waals surface area contributed by atoms with Crippen molar-refractivity contribution in [2.24, 2.45) is 5.84 Å². The van der Waals surface area contributed by atoms with Gasteiger partial charge < -0.3 is 5.11 Å². The second-order valence-electron chi connectivity index (χ2n) is 1.93. The van der Waals surface area contributed by atoms with Crippen LogP contribution in [0.25, 0.3) is 0 Å². The third-order valence-corrected chi connectivity index (χ3v) is 1.08.